The summed E-state index contributed by atoms with van der Waals surface area (Å²) < 4.78 is 84.6. The number of aromatic nitrogens is 1. The van der Waals surface area contributed by atoms with Crippen LogP contribution < -0.4 is 10.1 Å². The first-order chi connectivity index (χ1) is 19.3. The molecule has 41 heavy (non-hydrogen) atoms. The van der Waals surface area contributed by atoms with Gasteiger partial charge < -0.3 is 20.1 Å². The minimum atomic E-state index is -5.58. The van der Waals surface area contributed by atoms with Gasteiger partial charge >= 0.3 is 12.1 Å². The number of aliphatic hydroxyl groups is 1. The fraction of sp³-hybridized carbons (Fsp3) is 0.519. The molecule has 2 fully saturated rings. The molecule has 0 radical (unpaired) electrons. The van der Waals surface area contributed by atoms with Gasteiger partial charge in [0, 0.05) is 25.6 Å². The molecular weight excluding hydrogens is 558 g/mol. The molecule has 2 saturated heterocycles. The van der Waals surface area contributed by atoms with Crippen LogP contribution in [0.3, 0.4) is 0 Å². The lowest BCUT2D eigenvalue weighted by molar-refractivity contribution is -0.287. The molecule has 0 unspecified atom stereocenters. The number of rotatable bonds is 8. The maximum Gasteiger partial charge on any atom is 0.454 e. The second-order valence-corrected chi connectivity index (χ2v) is 10.3. The third-order valence-electron chi connectivity index (χ3n) is 7.35. The van der Waals surface area contributed by atoms with Gasteiger partial charge in [-0.3, -0.25) is 19.5 Å². The number of piperidine rings is 1. The van der Waals surface area contributed by atoms with Crippen molar-refractivity contribution < 1.29 is 45.8 Å². The van der Waals surface area contributed by atoms with Gasteiger partial charge in [0.1, 0.15) is 17.6 Å². The summed E-state index contributed by atoms with van der Waals surface area (Å²) in [5.74, 6) is -6.35. The third-order valence-corrected chi connectivity index (χ3v) is 7.35. The Labute approximate surface area is 232 Å². The number of nitrogens with one attached hydrogen (secondary N) is 1. The minimum Gasteiger partial charge on any atom is -0.492 e. The summed E-state index contributed by atoms with van der Waals surface area (Å²) in [7, 11) is 1.41. The van der Waals surface area contributed by atoms with E-state index in [1.807, 2.05) is 0 Å². The SMILES string of the molecule is CNC(=O)[C@@H]1C[C@@H](O)CN1C(=O)c1ccc(-c2ccc(OCC3CCN(CC(F)(F)C(F)(F)F)CC3)cn2)cc1F. The van der Waals surface area contributed by atoms with Crippen LogP contribution >= 0.6 is 0 Å². The Hall–Kier alpha value is -3.39. The number of nitrogens with zero attached hydrogens (tertiary/aromatic N) is 3. The minimum absolute atomic E-state index is 0.0238. The van der Waals surface area contributed by atoms with Crippen molar-refractivity contribution in [3.05, 3.63) is 47.9 Å². The van der Waals surface area contributed by atoms with E-state index in [0.717, 1.165) is 15.9 Å². The van der Waals surface area contributed by atoms with Crippen LogP contribution in [0.1, 0.15) is 29.6 Å². The number of carbonyl (C=O) groups excluding carboxylic acids is 2. The first-order valence-corrected chi connectivity index (χ1v) is 13.1. The molecule has 8 nitrogen and oxygen atoms in total. The second-order valence-electron chi connectivity index (χ2n) is 10.3. The van der Waals surface area contributed by atoms with Crippen molar-refractivity contribution in [2.45, 2.75) is 43.5 Å². The molecule has 2 atom stereocenters. The molecule has 0 saturated carbocycles. The number of likely N-dealkylation sites (N-methyl/N-ethyl adjacent to an activating group) is 1. The zero-order valence-corrected chi connectivity index (χ0v) is 22.1. The number of hydrogen-bond donors (Lipinski definition) is 2. The Morgan fingerprint density at radius 1 is 1.12 bits per heavy atom. The number of ether oxygens (including phenoxy) is 1. The van der Waals surface area contributed by atoms with Gasteiger partial charge in [-0.1, -0.05) is 6.07 Å². The highest BCUT2D eigenvalue weighted by molar-refractivity contribution is 5.98. The number of carbonyl (C=O) groups is 2. The van der Waals surface area contributed by atoms with E-state index >= 15 is 0 Å². The van der Waals surface area contributed by atoms with Crippen molar-refractivity contribution in [1.29, 1.82) is 0 Å². The van der Waals surface area contributed by atoms with Crippen LogP contribution in [-0.2, 0) is 4.79 Å². The van der Waals surface area contributed by atoms with Gasteiger partial charge in [0.25, 0.3) is 5.91 Å². The van der Waals surface area contributed by atoms with E-state index in [0.29, 0.717) is 29.8 Å². The molecule has 1 aromatic carbocycles. The van der Waals surface area contributed by atoms with E-state index in [-0.39, 0.29) is 44.1 Å². The number of amides is 2. The van der Waals surface area contributed by atoms with Gasteiger partial charge in [-0.15, -0.1) is 0 Å². The molecule has 0 spiro atoms. The molecular formula is C27H30F6N4O4. The van der Waals surface area contributed by atoms with Crippen molar-refractivity contribution in [1.82, 2.24) is 20.1 Å². The van der Waals surface area contributed by atoms with Gasteiger partial charge in [-0.2, -0.15) is 22.0 Å². The van der Waals surface area contributed by atoms with E-state index in [9.17, 15) is 41.0 Å². The van der Waals surface area contributed by atoms with Crippen molar-refractivity contribution in [3.63, 3.8) is 0 Å². The summed E-state index contributed by atoms with van der Waals surface area (Å²) in [5.41, 5.74) is 0.539. The van der Waals surface area contributed by atoms with Crippen LogP contribution in [0.2, 0.25) is 0 Å². The lowest BCUT2D eigenvalue weighted by Gasteiger charge is -2.34. The summed E-state index contributed by atoms with van der Waals surface area (Å²) in [6.45, 7) is -1.01. The smallest absolute Gasteiger partial charge is 0.454 e. The van der Waals surface area contributed by atoms with E-state index in [1.54, 1.807) is 12.1 Å². The second kappa shape index (κ2) is 12.2. The predicted octanol–water partition coefficient (Wildman–Crippen LogP) is 3.50. The van der Waals surface area contributed by atoms with Crippen LogP contribution in [0.25, 0.3) is 11.3 Å². The van der Waals surface area contributed by atoms with Crippen LogP contribution in [0.4, 0.5) is 26.3 Å². The number of benzene rings is 1. The van der Waals surface area contributed by atoms with Crippen LogP contribution in [0.15, 0.2) is 36.5 Å². The molecule has 0 bridgehead atoms. The number of alkyl halides is 5. The quantitative estimate of drug-likeness (QED) is 0.459. The highest BCUT2D eigenvalue weighted by atomic mass is 19.4. The van der Waals surface area contributed by atoms with Crippen molar-refractivity contribution in [2.24, 2.45) is 5.92 Å². The van der Waals surface area contributed by atoms with Crippen molar-refractivity contribution in [2.75, 3.05) is 39.8 Å². The number of pyridine rings is 1. The molecule has 2 aliphatic heterocycles. The van der Waals surface area contributed by atoms with E-state index in [4.69, 9.17) is 4.74 Å². The number of aliphatic hydroxyl groups excluding tert-OH is 1. The first-order valence-electron chi connectivity index (χ1n) is 13.1. The summed E-state index contributed by atoms with van der Waals surface area (Å²) >= 11 is 0. The van der Waals surface area contributed by atoms with Crippen molar-refractivity contribution in [3.8, 4) is 17.0 Å². The van der Waals surface area contributed by atoms with Crippen LogP contribution in [-0.4, -0.2) is 95.8 Å². The third kappa shape index (κ3) is 7.10. The average Bonchev–Trinajstić information content (AvgIpc) is 3.33. The van der Waals surface area contributed by atoms with E-state index in [1.165, 1.54) is 25.4 Å². The molecule has 0 aliphatic carbocycles. The lowest BCUT2D eigenvalue weighted by Crippen LogP contribution is -2.49. The molecule has 14 heteroatoms. The molecule has 2 aliphatic rings. The Morgan fingerprint density at radius 2 is 1.83 bits per heavy atom. The number of hydrogen-bond acceptors (Lipinski definition) is 6. The number of halogens is 6. The summed E-state index contributed by atoms with van der Waals surface area (Å²) in [6, 6.07) is 6.25. The molecule has 4 rings (SSSR count). The fourth-order valence-corrected chi connectivity index (χ4v) is 4.99. The van der Waals surface area contributed by atoms with Crippen LogP contribution in [0, 0.1) is 11.7 Å². The Kier molecular flexibility index (Phi) is 9.12. The van der Waals surface area contributed by atoms with Gasteiger partial charge in [0.15, 0.2) is 0 Å². The monoisotopic (exact) mass is 588 g/mol. The topological polar surface area (TPSA) is 95.0 Å². The molecule has 2 amide bonds. The lowest BCUT2D eigenvalue weighted by atomic mass is 9.97. The zero-order chi connectivity index (χ0) is 29.9. The standard InChI is InChI=1S/C27H30F6N4O4/c1-34-24(39)23-11-18(38)13-37(23)25(40)20-4-2-17(10-21(20)28)22-5-3-19(12-35-22)41-14-16-6-8-36(9-7-16)15-26(29,30)27(31,32)33/h2-5,10,12,16,18,23,38H,6-9,11,13-15H2,1H3,(H,34,39)/t18-,23+/m1/s1. The van der Waals surface area contributed by atoms with Gasteiger partial charge in [-0.25, -0.2) is 4.39 Å². The Morgan fingerprint density at radius 3 is 2.41 bits per heavy atom. The predicted molar refractivity (Wildman–Crippen MR) is 135 cm³/mol. The van der Waals surface area contributed by atoms with Gasteiger partial charge in [0.05, 0.1) is 36.7 Å². The Bertz CT molecular complexity index is 1240. The average molecular weight is 589 g/mol. The van der Waals surface area contributed by atoms with Crippen molar-refractivity contribution >= 4 is 11.8 Å². The summed E-state index contributed by atoms with van der Waals surface area (Å²) in [4.78, 5) is 31.5. The van der Waals surface area contributed by atoms with E-state index < -0.39 is 48.4 Å². The molecule has 2 aromatic rings. The maximum absolute atomic E-state index is 15.0. The molecule has 3 heterocycles. The molecule has 224 valence electrons. The largest absolute Gasteiger partial charge is 0.492 e. The van der Waals surface area contributed by atoms with Gasteiger partial charge in [0.2, 0.25) is 5.91 Å². The summed E-state index contributed by atoms with van der Waals surface area (Å²) in [5, 5.41) is 12.4. The maximum atomic E-state index is 15.0. The highest BCUT2D eigenvalue weighted by Crippen LogP contribution is 2.36. The first kappa shape index (κ1) is 30.6. The Balaban J connectivity index is 1.31. The fourth-order valence-electron chi connectivity index (χ4n) is 4.99. The zero-order valence-electron chi connectivity index (χ0n) is 22.1. The summed E-state index contributed by atoms with van der Waals surface area (Å²) in [6.07, 6.45) is -4.17. The molecule has 1 aromatic heterocycles. The molecule has 2 N–H and O–H groups in total. The highest BCUT2D eigenvalue weighted by Gasteiger charge is 2.58. The van der Waals surface area contributed by atoms with E-state index in [2.05, 4.69) is 10.3 Å². The normalized spacial score (nSPS) is 20.7. The van der Waals surface area contributed by atoms with Gasteiger partial charge in [-0.05, 0) is 56.1 Å². The number of β-amino-alcohol motifs (C(OH)–C–C–N with tert-alkyl or cyclic N) is 1. The van der Waals surface area contributed by atoms with Crippen LogP contribution in [0.5, 0.6) is 5.75 Å². The number of likely N-dealkylation sites (tertiary alicyclic amines) is 2.